The maximum absolute atomic E-state index is 12.5. The molecule has 0 aromatic heterocycles. The summed E-state index contributed by atoms with van der Waals surface area (Å²) in [4.78, 5) is 0.171. The molecular formula is C15H12Cl3NO3S. The van der Waals surface area contributed by atoms with Gasteiger partial charge in [-0.2, -0.15) is 4.31 Å². The smallest absolute Gasteiger partial charge is 0.243 e. The minimum Gasteiger partial charge on any atom is -0.486 e. The first-order valence-corrected chi connectivity index (χ1v) is 9.32. The third-order valence-electron chi connectivity index (χ3n) is 3.46. The fraction of sp³-hybridized carbons (Fsp3) is 0.200. The van der Waals surface area contributed by atoms with Gasteiger partial charge in [0.05, 0.1) is 23.0 Å². The van der Waals surface area contributed by atoms with Gasteiger partial charge in [-0.25, -0.2) is 8.42 Å². The second kappa shape index (κ2) is 6.49. The summed E-state index contributed by atoms with van der Waals surface area (Å²) in [5.41, 5.74) is 0. The number of hydrogen-bond acceptors (Lipinski definition) is 3. The van der Waals surface area contributed by atoms with E-state index in [4.69, 9.17) is 39.5 Å². The lowest BCUT2D eigenvalue weighted by Crippen LogP contribution is -2.55. The molecule has 8 heteroatoms. The number of rotatable bonds is 4. The van der Waals surface area contributed by atoms with E-state index in [2.05, 4.69) is 0 Å². The molecule has 23 heavy (non-hydrogen) atoms. The normalized spacial score (nSPS) is 16.1. The minimum atomic E-state index is -3.56. The van der Waals surface area contributed by atoms with E-state index < -0.39 is 10.0 Å². The van der Waals surface area contributed by atoms with Crippen LogP contribution in [-0.4, -0.2) is 31.9 Å². The van der Waals surface area contributed by atoms with Gasteiger partial charge in [0, 0.05) is 5.02 Å². The molecule has 1 aliphatic heterocycles. The Bertz CT molecular complexity index is 836. The van der Waals surface area contributed by atoms with E-state index in [1.165, 1.54) is 16.4 Å². The summed E-state index contributed by atoms with van der Waals surface area (Å²) in [6, 6.07) is 11.3. The third kappa shape index (κ3) is 3.44. The van der Waals surface area contributed by atoms with Crippen molar-refractivity contribution in [3.8, 4) is 5.75 Å². The molecule has 2 aromatic carbocycles. The SMILES string of the molecule is O=S(=O)(c1cccc(Cl)c1)N1CC(Oc2cccc(Cl)c2Cl)C1. The fourth-order valence-corrected chi connectivity index (χ4v) is 4.34. The summed E-state index contributed by atoms with van der Waals surface area (Å²) in [5, 5.41) is 1.10. The predicted molar refractivity (Wildman–Crippen MR) is 91.1 cm³/mol. The fourth-order valence-electron chi connectivity index (χ4n) is 2.20. The van der Waals surface area contributed by atoms with Crippen molar-refractivity contribution < 1.29 is 13.2 Å². The Kier molecular flexibility index (Phi) is 4.76. The van der Waals surface area contributed by atoms with Crippen LogP contribution < -0.4 is 4.74 Å². The second-order valence-electron chi connectivity index (χ2n) is 5.07. The molecule has 0 atom stereocenters. The molecule has 0 saturated carbocycles. The number of nitrogens with zero attached hydrogens (tertiary/aromatic N) is 1. The van der Waals surface area contributed by atoms with Crippen molar-refractivity contribution in [2.24, 2.45) is 0 Å². The first kappa shape index (κ1) is 16.9. The monoisotopic (exact) mass is 391 g/mol. The molecule has 1 fully saturated rings. The molecule has 0 unspecified atom stereocenters. The molecule has 3 rings (SSSR count). The minimum absolute atomic E-state index is 0.171. The molecule has 2 aromatic rings. The van der Waals surface area contributed by atoms with Crippen LogP contribution in [-0.2, 0) is 10.0 Å². The summed E-state index contributed by atoms with van der Waals surface area (Å²) < 4.78 is 31.9. The van der Waals surface area contributed by atoms with E-state index in [1.54, 1.807) is 30.3 Å². The molecule has 0 radical (unpaired) electrons. The molecule has 0 spiro atoms. The molecule has 0 N–H and O–H groups in total. The number of halogens is 3. The van der Waals surface area contributed by atoms with Gasteiger partial charge in [-0.3, -0.25) is 0 Å². The van der Waals surface area contributed by atoms with Crippen LogP contribution in [0.3, 0.4) is 0 Å². The van der Waals surface area contributed by atoms with Crippen LogP contribution in [0, 0.1) is 0 Å². The molecule has 0 aliphatic carbocycles. The van der Waals surface area contributed by atoms with Gasteiger partial charge in [0.25, 0.3) is 0 Å². The van der Waals surface area contributed by atoms with Crippen LogP contribution in [0.2, 0.25) is 15.1 Å². The average molecular weight is 393 g/mol. The van der Waals surface area contributed by atoms with Gasteiger partial charge >= 0.3 is 0 Å². The van der Waals surface area contributed by atoms with Gasteiger partial charge in [0.1, 0.15) is 16.9 Å². The van der Waals surface area contributed by atoms with E-state index in [1.807, 2.05) is 0 Å². The molecule has 1 saturated heterocycles. The quantitative estimate of drug-likeness (QED) is 0.787. The van der Waals surface area contributed by atoms with Crippen molar-refractivity contribution in [2.45, 2.75) is 11.0 Å². The topological polar surface area (TPSA) is 46.6 Å². The Labute approximate surface area is 149 Å². The zero-order chi connectivity index (χ0) is 16.6. The Balaban J connectivity index is 1.68. The Morgan fingerprint density at radius 3 is 2.43 bits per heavy atom. The Morgan fingerprint density at radius 1 is 1.04 bits per heavy atom. The largest absolute Gasteiger partial charge is 0.486 e. The number of sulfonamides is 1. The van der Waals surface area contributed by atoms with Gasteiger partial charge in [-0.15, -0.1) is 0 Å². The highest BCUT2D eigenvalue weighted by Crippen LogP contribution is 2.34. The number of ether oxygens (including phenoxy) is 1. The average Bonchev–Trinajstić information content (AvgIpc) is 2.46. The van der Waals surface area contributed by atoms with Crippen molar-refractivity contribution in [3.05, 3.63) is 57.5 Å². The summed E-state index contributed by atoms with van der Waals surface area (Å²) in [5.74, 6) is 0.448. The van der Waals surface area contributed by atoms with Gasteiger partial charge in [-0.1, -0.05) is 46.9 Å². The molecule has 4 nitrogen and oxygen atoms in total. The van der Waals surface area contributed by atoms with E-state index in [9.17, 15) is 8.42 Å². The summed E-state index contributed by atoms with van der Waals surface area (Å²) in [6.45, 7) is 0.495. The van der Waals surface area contributed by atoms with Crippen LogP contribution in [0.15, 0.2) is 47.4 Å². The number of benzene rings is 2. The molecule has 0 amide bonds. The third-order valence-corrected chi connectivity index (χ3v) is 6.32. The number of hydrogen-bond donors (Lipinski definition) is 0. The van der Waals surface area contributed by atoms with E-state index in [0.717, 1.165) is 0 Å². The standard InChI is InChI=1S/C15H12Cl3NO3S/c16-10-3-1-4-12(7-10)23(20,21)19-8-11(9-19)22-14-6-2-5-13(17)15(14)18/h1-7,11H,8-9H2. The molecule has 1 heterocycles. The van der Waals surface area contributed by atoms with Gasteiger partial charge in [-0.05, 0) is 30.3 Å². The maximum Gasteiger partial charge on any atom is 0.243 e. The molecular weight excluding hydrogens is 381 g/mol. The van der Waals surface area contributed by atoms with Gasteiger partial charge < -0.3 is 4.74 Å². The highest BCUT2D eigenvalue weighted by molar-refractivity contribution is 7.89. The van der Waals surface area contributed by atoms with E-state index in [0.29, 0.717) is 20.8 Å². The zero-order valence-corrected chi connectivity index (χ0v) is 14.8. The van der Waals surface area contributed by atoms with Crippen molar-refractivity contribution >= 4 is 44.8 Å². The zero-order valence-electron chi connectivity index (χ0n) is 11.7. The van der Waals surface area contributed by atoms with Crippen LogP contribution >= 0.6 is 34.8 Å². The van der Waals surface area contributed by atoms with Crippen LogP contribution in [0.1, 0.15) is 0 Å². The first-order chi connectivity index (χ1) is 10.9. The lowest BCUT2D eigenvalue weighted by atomic mass is 10.2. The van der Waals surface area contributed by atoms with Gasteiger partial charge in [0.15, 0.2) is 0 Å². The van der Waals surface area contributed by atoms with E-state index in [-0.39, 0.29) is 24.1 Å². The van der Waals surface area contributed by atoms with Crippen LogP contribution in [0.4, 0.5) is 0 Å². The molecule has 122 valence electrons. The molecule has 0 bridgehead atoms. The summed E-state index contributed by atoms with van der Waals surface area (Å²) in [7, 11) is -3.56. The van der Waals surface area contributed by atoms with Crippen molar-refractivity contribution in [2.75, 3.05) is 13.1 Å². The highest BCUT2D eigenvalue weighted by Gasteiger charge is 2.38. The van der Waals surface area contributed by atoms with E-state index >= 15 is 0 Å². The second-order valence-corrected chi connectivity index (χ2v) is 8.23. The Hall–Kier alpha value is -0.980. The lowest BCUT2D eigenvalue weighted by molar-refractivity contribution is 0.0763. The lowest BCUT2D eigenvalue weighted by Gasteiger charge is -2.38. The maximum atomic E-state index is 12.5. The van der Waals surface area contributed by atoms with Crippen LogP contribution in [0.25, 0.3) is 0 Å². The van der Waals surface area contributed by atoms with Crippen molar-refractivity contribution in [1.82, 2.24) is 4.31 Å². The van der Waals surface area contributed by atoms with Crippen LogP contribution in [0.5, 0.6) is 5.75 Å². The van der Waals surface area contributed by atoms with Crippen molar-refractivity contribution in [3.63, 3.8) is 0 Å². The summed E-state index contributed by atoms with van der Waals surface area (Å²) >= 11 is 17.8. The van der Waals surface area contributed by atoms with Crippen molar-refractivity contribution in [1.29, 1.82) is 0 Å². The predicted octanol–water partition coefficient (Wildman–Crippen LogP) is 4.10. The van der Waals surface area contributed by atoms with Gasteiger partial charge in [0.2, 0.25) is 10.0 Å². The highest BCUT2D eigenvalue weighted by atomic mass is 35.5. The summed E-state index contributed by atoms with van der Waals surface area (Å²) in [6.07, 6.45) is -0.264. The Morgan fingerprint density at radius 2 is 1.74 bits per heavy atom. The molecule has 1 aliphatic rings. The first-order valence-electron chi connectivity index (χ1n) is 6.74.